The number of nitrogens with zero attached hydrogens (tertiary/aromatic N) is 2. The van der Waals surface area contributed by atoms with E-state index in [-0.39, 0.29) is 16.3 Å². The van der Waals surface area contributed by atoms with Crippen LogP contribution >= 0.6 is 11.6 Å². The summed E-state index contributed by atoms with van der Waals surface area (Å²) in [6.07, 6.45) is 2.45. The molecule has 8 heteroatoms. The Morgan fingerprint density at radius 1 is 0.903 bits per heavy atom. The first-order valence-corrected chi connectivity index (χ1v) is 10.3. The van der Waals surface area contributed by atoms with Crippen molar-refractivity contribution in [1.82, 2.24) is 5.01 Å². The Morgan fingerprint density at radius 3 is 2.06 bits per heavy atom. The summed E-state index contributed by atoms with van der Waals surface area (Å²) in [7, 11) is 0. The Bertz CT molecular complexity index is 1090. The largest absolute Gasteiger partial charge is 0.322 e. The van der Waals surface area contributed by atoms with E-state index in [2.05, 4.69) is 27.9 Å². The summed E-state index contributed by atoms with van der Waals surface area (Å²) in [6, 6.07) is 19.4. The maximum atomic E-state index is 12.5. The monoisotopic (exact) mass is 436 g/mol. The lowest BCUT2D eigenvalue weighted by Crippen LogP contribution is -2.25. The number of hydrogen-bond donors (Lipinski definition) is 2. The predicted octanol–water partition coefficient (Wildman–Crippen LogP) is 5.59. The van der Waals surface area contributed by atoms with Gasteiger partial charge in [-0.1, -0.05) is 35.9 Å². The molecule has 1 heterocycles. The minimum absolute atomic E-state index is 0.0565. The minimum atomic E-state index is -0.562. The van der Waals surface area contributed by atoms with Crippen LogP contribution in [0.4, 0.5) is 17.1 Å². The number of rotatable bonds is 6. The maximum absolute atomic E-state index is 12.5. The van der Waals surface area contributed by atoms with Crippen molar-refractivity contribution in [2.45, 2.75) is 12.8 Å². The highest BCUT2D eigenvalue weighted by atomic mass is 35.5. The molecule has 2 N–H and O–H groups in total. The molecule has 0 radical (unpaired) electrons. The fraction of sp³-hybridized carbons (Fsp3) is 0.174. The summed E-state index contributed by atoms with van der Waals surface area (Å²) in [5.41, 5.74) is 6.99. The van der Waals surface area contributed by atoms with E-state index >= 15 is 0 Å². The highest BCUT2D eigenvalue weighted by Gasteiger charge is 2.16. The van der Waals surface area contributed by atoms with Crippen LogP contribution in [0.1, 0.15) is 23.2 Å². The van der Waals surface area contributed by atoms with Crippen LogP contribution in [-0.4, -0.2) is 28.9 Å². The van der Waals surface area contributed by atoms with E-state index < -0.39 is 10.8 Å². The van der Waals surface area contributed by atoms with Crippen molar-refractivity contribution < 1.29 is 9.72 Å². The number of hydrogen-bond acceptors (Lipinski definition) is 5. The van der Waals surface area contributed by atoms with E-state index in [1.54, 1.807) is 12.1 Å². The first-order chi connectivity index (χ1) is 15.0. The molecule has 0 saturated carbocycles. The molecule has 1 saturated heterocycles. The van der Waals surface area contributed by atoms with Gasteiger partial charge in [0, 0.05) is 36.6 Å². The lowest BCUT2D eigenvalue weighted by atomic mass is 10.0. The van der Waals surface area contributed by atoms with Gasteiger partial charge >= 0.3 is 0 Å². The molecule has 7 nitrogen and oxygen atoms in total. The summed E-state index contributed by atoms with van der Waals surface area (Å²) >= 11 is 6.04. The Kier molecular flexibility index (Phi) is 6.16. The molecule has 0 unspecified atom stereocenters. The van der Waals surface area contributed by atoms with Crippen molar-refractivity contribution >= 4 is 34.6 Å². The molecule has 3 aromatic rings. The first-order valence-electron chi connectivity index (χ1n) is 9.97. The lowest BCUT2D eigenvalue weighted by molar-refractivity contribution is -0.384. The third kappa shape index (κ3) is 5.02. The number of carbonyl (C=O) groups excluding carboxylic acids is 1. The van der Waals surface area contributed by atoms with Gasteiger partial charge in [-0.2, -0.15) is 0 Å². The smallest absolute Gasteiger partial charge is 0.270 e. The van der Waals surface area contributed by atoms with Gasteiger partial charge < -0.3 is 10.7 Å². The number of halogens is 1. The van der Waals surface area contributed by atoms with Crippen molar-refractivity contribution in [3.05, 3.63) is 87.4 Å². The number of carbonyl (C=O) groups is 1. The summed E-state index contributed by atoms with van der Waals surface area (Å²) in [4.78, 5) is 22.9. The van der Waals surface area contributed by atoms with Crippen molar-refractivity contribution in [2.24, 2.45) is 0 Å². The molecule has 1 fully saturated rings. The van der Waals surface area contributed by atoms with E-state index in [1.807, 2.05) is 24.3 Å². The summed E-state index contributed by atoms with van der Waals surface area (Å²) in [5, 5.41) is 16.1. The molecule has 1 aliphatic heterocycles. The average molecular weight is 437 g/mol. The average Bonchev–Trinajstić information content (AvgIpc) is 3.28. The van der Waals surface area contributed by atoms with Gasteiger partial charge in [0.25, 0.3) is 11.6 Å². The molecule has 4 rings (SSSR count). The number of nitrogens with one attached hydrogen (secondary N) is 2. The maximum Gasteiger partial charge on any atom is 0.270 e. The molecular weight excluding hydrogens is 416 g/mol. The van der Waals surface area contributed by atoms with E-state index in [1.165, 1.54) is 31.0 Å². The van der Waals surface area contributed by atoms with Gasteiger partial charge in [-0.3, -0.25) is 14.9 Å². The minimum Gasteiger partial charge on any atom is -0.322 e. The van der Waals surface area contributed by atoms with Gasteiger partial charge in [0.2, 0.25) is 0 Å². The van der Waals surface area contributed by atoms with Gasteiger partial charge in [0.05, 0.1) is 15.5 Å². The number of nitro groups is 1. The number of non-ortho nitro benzene ring substituents is 1. The predicted molar refractivity (Wildman–Crippen MR) is 122 cm³/mol. The Morgan fingerprint density at radius 2 is 1.48 bits per heavy atom. The van der Waals surface area contributed by atoms with E-state index in [0.717, 1.165) is 29.9 Å². The zero-order valence-electron chi connectivity index (χ0n) is 16.7. The molecule has 0 aliphatic carbocycles. The normalized spacial score (nSPS) is 13.7. The van der Waals surface area contributed by atoms with Gasteiger partial charge in [-0.25, -0.2) is 5.01 Å². The summed E-state index contributed by atoms with van der Waals surface area (Å²) in [5.74, 6) is -0.501. The Hall–Kier alpha value is -3.42. The quantitative estimate of drug-likeness (QED) is 0.388. The number of hydrazine groups is 1. The fourth-order valence-electron chi connectivity index (χ4n) is 3.49. The van der Waals surface area contributed by atoms with E-state index in [9.17, 15) is 14.9 Å². The van der Waals surface area contributed by atoms with Gasteiger partial charge in [-0.15, -0.1) is 0 Å². The van der Waals surface area contributed by atoms with Crippen molar-refractivity contribution in [3.8, 4) is 11.1 Å². The summed E-state index contributed by atoms with van der Waals surface area (Å²) < 4.78 is 0. The third-order valence-electron chi connectivity index (χ3n) is 5.16. The van der Waals surface area contributed by atoms with E-state index in [0.29, 0.717) is 5.69 Å². The number of anilines is 2. The van der Waals surface area contributed by atoms with Crippen LogP contribution in [0.3, 0.4) is 0 Å². The SMILES string of the molecule is O=C(Nc1ccc(-c2ccc(NN3CCCC3)cc2)cc1)c1cc([N+](=O)[O-])ccc1Cl. The Labute approximate surface area is 184 Å². The second-order valence-corrected chi connectivity index (χ2v) is 7.74. The molecule has 1 amide bonds. The Balaban J connectivity index is 1.43. The van der Waals surface area contributed by atoms with Gasteiger partial charge in [0.1, 0.15) is 0 Å². The van der Waals surface area contributed by atoms with Crippen molar-refractivity contribution in [3.63, 3.8) is 0 Å². The number of nitro benzene ring substituents is 1. The highest BCUT2D eigenvalue weighted by Crippen LogP contribution is 2.26. The standard InChI is InChI=1S/C23H21ClN4O3/c24-22-12-11-20(28(30)31)15-21(22)23(29)25-18-7-3-16(4-8-18)17-5-9-19(10-6-17)26-27-13-1-2-14-27/h3-12,15,26H,1-2,13-14H2,(H,25,29). The molecule has 158 valence electrons. The fourth-order valence-corrected chi connectivity index (χ4v) is 3.70. The highest BCUT2D eigenvalue weighted by molar-refractivity contribution is 6.34. The van der Waals surface area contributed by atoms with Crippen LogP contribution in [0.2, 0.25) is 5.02 Å². The van der Waals surface area contributed by atoms with Crippen LogP contribution in [0.25, 0.3) is 11.1 Å². The molecule has 0 spiro atoms. The number of amides is 1. The van der Waals surface area contributed by atoms with Gasteiger partial charge in [0.15, 0.2) is 0 Å². The molecular formula is C23H21ClN4O3. The topological polar surface area (TPSA) is 87.5 Å². The van der Waals surface area contributed by atoms with Crippen LogP contribution in [-0.2, 0) is 0 Å². The van der Waals surface area contributed by atoms with Crippen LogP contribution in [0.15, 0.2) is 66.7 Å². The van der Waals surface area contributed by atoms with Crippen LogP contribution in [0.5, 0.6) is 0 Å². The number of benzene rings is 3. The zero-order chi connectivity index (χ0) is 21.8. The molecule has 0 atom stereocenters. The molecule has 1 aliphatic rings. The molecule has 31 heavy (non-hydrogen) atoms. The molecule has 0 bridgehead atoms. The second kappa shape index (κ2) is 9.16. The van der Waals surface area contributed by atoms with Crippen LogP contribution in [0, 0.1) is 10.1 Å². The third-order valence-corrected chi connectivity index (χ3v) is 5.49. The van der Waals surface area contributed by atoms with Crippen molar-refractivity contribution in [2.75, 3.05) is 23.8 Å². The van der Waals surface area contributed by atoms with Crippen molar-refractivity contribution in [1.29, 1.82) is 0 Å². The second-order valence-electron chi connectivity index (χ2n) is 7.34. The molecule has 3 aromatic carbocycles. The van der Waals surface area contributed by atoms with E-state index in [4.69, 9.17) is 11.6 Å². The summed E-state index contributed by atoms with van der Waals surface area (Å²) in [6.45, 7) is 2.13. The lowest BCUT2D eigenvalue weighted by Gasteiger charge is -2.17. The first kappa shape index (κ1) is 20.8. The molecule has 0 aromatic heterocycles. The van der Waals surface area contributed by atoms with Crippen LogP contribution < -0.4 is 10.7 Å². The van der Waals surface area contributed by atoms with Gasteiger partial charge in [-0.05, 0) is 54.3 Å². The zero-order valence-corrected chi connectivity index (χ0v) is 17.4.